The van der Waals surface area contributed by atoms with Crippen LogP contribution in [0.5, 0.6) is 11.5 Å². The van der Waals surface area contributed by atoms with E-state index in [9.17, 15) is 4.79 Å². The van der Waals surface area contributed by atoms with Crippen molar-refractivity contribution in [3.63, 3.8) is 0 Å². The normalized spacial score (nSPS) is 11.2. The number of carbonyl (C=O) groups excluding carboxylic acids is 1. The lowest BCUT2D eigenvalue weighted by Gasteiger charge is -2.23. The van der Waals surface area contributed by atoms with Crippen LogP contribution in [0.15, 0.2) is 78.1 Å². The Balaban J connectivity index is 1.41. The van der Waals surface area contributed by atoms with Crippen molar-refractivity contribution < 1.29 is 14.3 Å². The van der Waals surface area contributed by atoms with Crippen LogP contribution in [0, 0.1) is 0 Å². The van der Waals surface area contributed by atoms with Gasteiger partial charge in [0, 0.05) is 61.2 Å². The maximum atomic E-state index is 12.8. The van der Waals surface area contributed by atoms with Gasteiger partial charge in [-0.2, -0.15) is 0 Å². The van der Waals surface area contributed by atoms with Gasteiger partial charge >= 0.3 is 0 Å². The Morgan fingerprint density at radius 1 is 0.907 bits per heavy atom. The van der Waals surface area contributed by atoms with Crippen LogP contribution < -0.4 is 19.7 Å². The zero-order valence-corrected chi connectivity index (χ0v) is 26.7. The number of amides is 1. The molecule has 2 heterocycles. The maximum absolute atomic E-state index is 12.8. The van der Waals surface area contributed by atoms with E-state index in [4.69, 9.17) is 19.4 Å². The lowest BCUT2D eigenvalue weighted by atomic mass is 9.92. The second-order valence-corrected chi connectivity index (χ2v) is 12.3. The Kier molecular flexibility index (Phi) is 11.0. The molecule has 0 aliphatic carbocycles. The van der Waals surface area contributed by atoms with Crippen molar-refractivity contribution in [2.24, 2.45) is 0 Å². The molecule has 0 unspecified atom stereocenters. The summed E-state index contributed by atoms with van der Waals surface area (Å²) in [5.74, 6) is 2.89. The maximum Gasteiger partial charge on any atom is 0.251 e. The standard InChI is InChI=1S/C34H41N5O3S/c1-34(2,3)30-22-31(39(4)19-16-24-13-14-28(41-5)29(21-24)42-6)38-33(37-30)43-23-25-10-9-11-26(20-25)32(40)36-18-15-27-12-7-8-17-35-27/h7-14,17,20-22H,15-16,18-19,23H2,1-6H3,(H,36,40). The Labute approximate surface area is 259 Å². The SMILES string of the molecule is COc1ccc(CCN(C)c2cc(C(C)(C)C)nc(SCc3cccc(C(=O)NCCc4ccccn4)c3)n2)cc1OC. The van der Waals surface area contributed by atoms with Gasteiger partial charge in [-0.15, -0.1) is 0 Å². The Hall–Kier alpha value is -4.11. The van der Waals surface area contributed by atoms with Gasteiger partial charge < -0.3 is 19.7 Å². The number of hydrogen-bond acceptors (Lipinski definition) is 8. The number of likely N-dealkylation sites (N-methyl/N-ethyl adjacent to an activating group) is 1. The first-order valence-corrected chi connectivity index (χ1v) is 15.4. The Morgan fingerprint density at radius 2 is 1.72 bits per heavy atom. The largest absolute Gasteiger partial charge is 0.493 e. The molecule has 0 bridgehead atoms. The van der Waals surface area contributed by atoms with Gasteiger partial charge in [0.2, 0.25) is 0 Å². The predicted molar refractivity (Wildman–Crippen MR) is 174 cm³/mol. The van der Waals surface area contributed by atoms with Crippen molar-refractivity contribution in [2.75, 3.05) is 39.3 Å². The molecule has 1 N–H and O–H groups in total. The summed E-state index contributed by atoms with van der Waals surface area (Å²) in [6, 6.07) is 21.6. The molecule has 0 aliphatic heterocycles. The molecular weight excluding hydrogens is 558 g/mol. The summed E-state index contributed by atoms with van der Waals surface area (Å²) in [6.45, 7) is 7.79. The van der Waals surface area contributed by atoms with Crippen molar-refractivity contribution in [1.29, 1.82) is 0 Å². The van der Waals surface area contributed by atoms with Gasteiger partial charge in [0.15, 0.2) is 16.7 Å². The summed E-state index contributed by atoms with van der Waals surface area (Å²) in [5.41, 5.74) is 4.64. The van der Waals surface area contributed by atoms with Crippen LogP contribution >= 0.6 is 11.8 Å². The van der Waals surface area contributed by atoms with Crippen LogP contribution in [-0.2, 0) is 24.0 Å². The summed E-state index contributed by atoms with van der Waals surface area (Å²) in [5, 5.41) is 3.71. The van der Waals surface area contributed by atoms with E-state index in [2.05, 4.69) is 55.2 Å². The number of nitrogens with zero attached hydrogens (tertiary/aromatic N) is 4. The molecular formula is C34H41N5O3S. The Bertz CT molecular complexity index is 1510. The van der Waals surface area contributed by atoms with E-state index in [1.807, 2.05) is 54.6 Å². The summed E-state index contributed by atoms with van der Waals surface area (Å²) in [7, 11) is 5.35. The molecule has 0 aliphatic rings. The van der Waals surface area contributed by atoms with E-state index < -0.39 is 0 Å². The molecule has 4 rings (SSSR count). The highest BCUT2D eigenvalue weighted by Gasteiger charge is 2.20. The van der Waals surface area contributed by atoms with Crippen molar-refractivity contribution in [1.82, 2.24) is 20.3 Å². The molecule has 8 nitrogen and oxygen atoms in total. The quantitative estimate of drug-likeness (QED) is 0.145. The minimum atomic E-state index is -0.134. The second kappa shape index (κ2) is 14.9. The van der Waals surface area contributed by atoms with Crippen molar-refractivity contribution in [3.05, 3.63) is 101 Å². The first-order chi connectivity index (χ1) is 20.7. The number of aromatic nitrogens is 3. The Morgan fingerprint density at radius 3 is 2.44 bits per heavy atom. The van der Waals surface area contributed by atoms with Gasteiger partial charge in [-0.05, 0) is 53.9 Å². The van der Waals surface area contributed by atoms with Crippen molar-refractivity contribution in [2.45, 2.75) is 49.9 Å². The fourth-order valence-electron chi connectivity index (χ4n) is 4.41. The molecule has 9 heteroatoms. The summed E-state index contributed by atoms with van der Waals surface area (Å²) < 4.78 is 10.8. The van der Waals surface area contributed by atoms with E-state index in [1.165, 1.54) is 0 Å². The molecule has 2 aromatic carbocycles. The number of carbonyl (C=O) groups is 1. The van der Waals surface area contributed by atoms with Gasteiger partial charge in [0.05, 0.1) is 19.9 Å². The van der Waals surface area contributed by atoms with Gasteiger partial charge in [-0.1, -0.05) is 56.8 Å². The lowest BCUT2D eigenvalue weighted by molar-refractivity contribution is 0.0954. The predicted octanol–water partition coefficient (Wildman–Crippen LogP) is 6.13. The van der Waals surface area contributed by atoms with E-state index in [1.54, 1.807) is 32.2 Å². The van der Waals surface area contributed by atoms with Crippen LogP contribution in [0.3, 0.4) is 0 Å². The monoisotopic (exact) mass is 599 g/mol. The van der Waals surface area contributed by atoms with Gasteiger partial charge in [0.25, 0.3) is 5.91 Å². The smallest absolute Gasteiger partial charge is 0.251 e. The van der Waals surface area contributed by atoms with Gasteiger partial charge in [-0.25, -0.2) is 9.97 Å². The summed E-state index contributed by atoms with van der Waals surface area (Å²) in [6.07, 6.45) is 3.28. The average molecular weight is 600 g/mol. The van der Waals surface area contributed by atoms with E-state index in [-0.39, 0.29) is 11.3 Å². The van der Waals surface area contributed by atoms with Crippen LogP contribution in [0.2, 0.25) is 0 Å². The molecule has 0 spiro atoms. The molecule has 0 saturated heterocycles. The highest BCUT2D eigenvalue weighted by atomic mass is 32.2. The second-order valence-electron chi connectivity index (χ2n) is 11.3. The number of nitrogens with one attached hydrogen (secondary N) is 1. The molecule has 4 aromatic rings. The average Bonchev–Trinajstić information content (AvgIpc) is 3.02. The molecule has 0 atom stereocenters. The molecule has 0 fully saturated rings. The fraction of sp³-hybridized carbons (Fsp3) is 0.353. The van der Waals surface area contributed by atoms with E-state index >= 15 is 0 Å². The minimum Gasteiger partial charge on any atom is -0.493 e. The van der Waals surface area contributed by atoms with Crippen LogP contribution in [0.25, 0.3) is 0 Å². The molecule has 0 radical (unpaired) electrons. The van der Waals surface area contributed by atoms with E-state index in [0.717, 1.165) is 52.8 Å². The summed E-state index contributed by atoms with van der Waals surface area (Å²) in [4.78, 5) is 29.1. The number of hydrogen-bond donors (Lipinski definition) is 1. The molecule has 2 aromatic heterocycles. The number of anilines is 1. The van der Waals surface area contributed by atoms with Crippen LogP contribution in [0.4, 0.5) is 5.82 Å². The number of benzene rings is 2. The zero-order valence-electron chi connectivity index (χ0n) is 25.9. The van der Waals surface area contributed by atoms with Gasteiger partial charge in [0.1, 0.15) is 5.82 Å². The van der Waals surface area contributed by atoms with E-state index in [0.29, 0.717) is 29.4 Å². The van der Waals surface area contributed by atoms with Gasteiger partial charge in [-0.3, -0.25) is 9.78 Å². The number of thioether (sulfide) groups is 1. The minimum absolute atomic E-state index is 0.0906. The molecule has 226 valence electrons. The fourth-order valence-corrected chi connectivity index (χ4v) is 5.20. The molecule has 1 amide bonds. The van der Waals surface area contributed by atoms with Crippen LogP contribution in [-0.4, -0.2) is 55.2 Å². The third-order valence-corrected chi connectivity index (χ3v) is 7.90. The summed E-state index contributed by atoms with van der Waals surface area (Å²) >= 11 is 1.58. The molecule has 0 saturated carbocycles. The number of methoxy groups -OCH3 is 2. The van der Waals surface area contributed by atoms with Crippen molar-refractivity contribution >= 4 is 23.5 Å². The lowest BCUT2D eigenvalue weighted by Crippen LogP contribution is -2.25. The number of pyridine rings is 1. The van der Waals surface area contributed by atoms with Crippen molar-refractivity contribution in [3.8, 4) is 11.5 Å². The molecule has 43 heavy (non-hydrogen) atoms. The highest BCUT2D eigenvalue weighted by molar-refractivity contribution is 7.98. The first-order valence-electron chi connectivity index (χ1n) is 14.4. The number of rotatable bonds is 13. The first kappa shape index (κ1) is 31.8. The number of ether oxygens (including phenoxy) is 2. The zero-order chi connectivity index (χ0) is 30.8. The topological polar surface area (TPSA) is 89.5 Å². The third-order valence-electron chi connectivity index (χ3n) is 6.99. The third kappa shape index (κ3) is 9.19. The highest BCUT2D eigenvalue weighted by Crippen LogP contribution is 2.30. The van der Waals surface area contributed by atoms with Crippen LogP contribution in [0.1, 0.15) is 53.6 Å².